The van der Waals surface area contributed by atoms with E-state index in [2.05, 4.69) is 26.6 Å². The van der Waals surface area contributed by atoms with E-state index in [0.29, 0.717) is 12.1 Å². The van der Waals surface area contributed by atoms with E-state index in [1.165, 1.54) is 0 Å². The van der Waals surface area contributed by atoms with Gasteiger partial charge in [0.05, 0.1) is 5.69 Å². The summed E-state index contributed by atoms with van der Waals surface area (Å²) in [7, 11) is 0. The number of carboxylic acid groups (broad SMARTS) is 1. The Hall–Kier alpha value is -1.56. The van der Waals surface area contributed by atoms with Crippen molar-refractivity contribution in [1.82, 2.24) is 5.32 Å². The molecule has 1 aromatic rings. The van der Waals surface area contributed by atoms with Crippen molar-refractivity contribution in [2.45, 2.75) is 26.3 Å². The second-order valence-corrected chi connectivity index (χ2v) is 4.74. The molecule has 0 bridgehead atoms. The van der Waals surface area contributed by atoms with Crippen LogP contribution in [0.4, 0.5) is 10.5 Å². The van der Waals surface area contributed by atoms with Crippen LogP contribution in [0.15, 0.2) is 22.7 Å². The number of amides is 2. The molecule has 2 amide bonds. The molecule has 1 rings (SSSR count). The number of aliphatic carboxylic acids is 1. The van der Waals surface area contributed by atoms with Crippen LogP contribution in [-0.4, -0.2) is 23.1 Å². The average molecular weight is 315 g/mol. The van der Waals surface area contributed by atoms with Crippen LogP contribution in [-0.2, 0) is 4.79 Å². The van der Waals surface area contributed by atoms with Gasteiger partial charge in [0, 0.05) is 4.47 Å². The van der Waals surface area contributed by atoms with Crippen molar-refractivity contribution in [2.75, 3.05) is 5.32 Å². The first-order valence-electron chi connectivity index (χ1n) is 5.50. The Morgan fingerprint density at radius 3 is 2.67 bits per heavy atom. The van der Waals surface area contributed by atoms with E-state index in [0.717, 1.165) is 10.0 Å². The van der Waals surface area contributed by atoms with Gasteiger partial charge in [-0.15, -0.1) is 0 Å². The zero-order valence-corrected chi connectivity index (χ0v) is 11.7. The monoisotopic (exact) mass is 314 g/mol. The summed E-state index contributed by atoms with van der Waals surface area (Å²) < 4.78 is 0.742. The van der Waals surface area contributed by atoms with E-state index in [1.54, 1.807) is 13.0 Å². The fourth-order valence-electron chi connectivity index (χ4n) is 1.39. The van der Waals surface area contributed by atoms with Gasteiger partial charge in [0.15, 0.2) is 0 Å². The Morgan fingerprint density at radius 2 is 2.11 bits per heavy atom. The lowest BCUT2D eigenvalue weighted by atomic mass is 10.2. The second-order valence-electron chi connectivity index (χ2n) is 3.88. The molecule has 0 aliphatic rings. The van der Waals surface area contributed by atoms with Crippen LogP contribution in [0.25, 0.3) is 0 Å². The van der Waals surface area contributed by atoms with E-state index >= 15 is 0 Å². The van der Waals surface area contributed by atoms with Crippen molar-refractivity contribution in [2.24, 2.45) is 0 Å². The van der Waals surface area contributed by atoms with Crippen molar-refractivity contribution < 1.29 is 14.7 Å². The van der Waals surface area contributed by atoms with Crippen molar-refractivity contribution in [3.05, 3.63) is 28.2 Å². The molecule has 5 nitrogen and oxygen atoms in total. The number of aryl methyl sites for hydroxylation is 1. The Labute approximate surface area is 114 Å². The molecule has 0 saturated heterocycles. The summed E-state index contributed by atoms with van der Waals surface area (Å²) in [6.45, 7) is 3.60. The largest absolute Gasteiger partial charge is 0.480 e. The van der Waals surface area contributed by atoms with E-state index in [9.17, 15) is 9.59 Å². The molecule has 0 unspecified atom stereocenters. The van der Waals surface area contributed by atoms with Gasteiger partial charge in [0.1, 0.15) is 6.04 Å². The third-order valence-corrected chi connectivity index (χ3v) is 3.07. The number of urea groups is 1. The summed E-state index contributed by atoms with van der Waals surface area (Å²) in [6, 6.07) is 4.11. The van der Waals surface area contributed by atoms with E-state index in [1.807, 2.05) is 19.1 Å². The standard InChI is InChI=1S/C12H15BrN2O3/c1-3-9(11(16)17)14-12(18)15-10-6-7(2)4-5-8(10)13/h4-6,9H,3H2,1-2H3,(H,16,17)(H2,14,15,18)/t9-/m1/s1. The predicted molar refractivity (Wildman–Crippen MR) is 72.7 cm³/mol. The Morgan fingerprint density at radius 1 is 1.44 bits per heavy atom. The van der Waals surface area contributed by atoms with Crippen LogP contribution < -0.4 is 10.6 Å². The molecule has 0 aliphatic heterocycles. The number of halogens is 1. The quantitative estimate of drug-likeness (QED) is 0.799. The maximum absolute atomic E-state index is 11.6. The molecule has 6 heteroatoms. The zero-order valence-electron chi connectivity index (χ0n) is 10.2. The van der Waals surface area contributed by atoms with Gasteiger partial charge in [-0.1, -0.05) is 13.0 Å². The van der Waals surface area contributed by atoms with Crippen molar-refractivity contribution in [3.8, 4) is 0 Å². The third kappa shape index (κ3) is 4.03. The number of carboxylic acids is 1. The van der Waals surface area contributed by atoms with Crippen molar-refractivity contribution in [1.29, 1.82) is 0 Å². The molecule has 0 fully saturated rings. The molecule has 98 valence electrons. The normalized spacial score (nSPS) is 11.7. The van der Waals surface area contributed by atoms with Crippen LogP contribution in [0.3, 0.4) is 0 Å². The minimum atomic E-state index is -1.05. The molecule has 0 aliphatic carbocycles. The Bertz CT molecular complexity index is 463. The highest BCUT2D eigenvalue weighted by Crippen LogP contribution is 2.23. The predicted octanol–water partition coefficient (Wildman–Crippen LogP) is 2.74. The highest BCUT2D eigenvalue weighted by atomic mass is 79.9. The summed E-state index contributed by atoms with van der Waals surface area (Å²) in [5.74, 6) is -1.05. The molecular weight excluding hydrogens is 300 g/mol. The highest BCUT2D eigenvalue weighted by molar-refractivity contribution is 9.10. The number of benzene rings is 1. The first kappa shape index (κ1) is 14.5. The highest BCUT2D eigenvalue weighted by Gasteiger charge is 2.17. The molecule has 3 N–H and O–H groups in total. The Balaban J connectivity index is 2.70. The number of carbonyl (C=O) groups is 2. The molecule has 0 saturated carbocycles. The molecule has 18 heavy (non-hydrogen) atoms. The van der Waals surface area contributed by atoms with Crippen molar-refractivity contribution in [3.63, 3.8) is 0 Å². The summed E-state index contributed by atoms with van der Waals surface area (Å²) >= 11 is 3.31. The van der Waals surface area contributed by atoms with E-state index < -0.39 is 18.0 Å². The number of hydrogen-bond donors (Lipinski definition) is 3. The fraction of sp³-hybridized carbons (Fsp3) is 0.333. The number of hydrogen-bond acceptors (Lipinski definition) is 2. The van der Waals surface area contributed by atoms with Gasteiger partial charge < -0.3 is 15.7 Å². The number of carbonyl (C=O) groups excluding carboxylic acids is 1. The first-order chi connectivity index (χ1) is 8.43. The summed E-state index contributed by atoms with van der Waals surface area (Å²) in [5.41, 5.74) is 1.60. The number of anilines is 1. The molecule has 0 heterocycles. The fourth-order valence-corrected chi connectivity index (χ4v) is 1.74. The molecule has 0 spiro atoms. The smallest absolute Gasteiger partial charge is 0.326 e. The van der Waals surface area contributed by atoms with E-state index in [-0.39, 0.29) is 0 Å². The minimum absolute atomic E-state index is 0.331. The van der Waals surface area contributed by atoms with Gasteiger partial charge >= 0.3 is 12.0 Å². The van der Waals surface area contributed by atoms with Gasteiger partial charge in [0.2, 0.25) is 0 Å². The molecule has 0 radical (unpaired) electrons. The maximum Gasteiger partial charge on any atom is 0.326 e. The topological polar surface area (TPSA) is 78.4 Å². The second kappa shape index (κ2) is 6.39. The molecule has 1 aromatic carbocycles. The maximum atomic E-state index is 11.6. The lowest BCUT2D eigenvalue weighted by molar-refractivity contribution is -0.139. The number of rotatable bonds is 4. The summed E-state index contributed by atoms with van der Waals surface area (Å²) in [4.78, 5) is 22.4. The summed E-state index contributed by atoms with van der Waals surface area (Å²) in [5, 5.41) is 13.8. The van der Waals surface area contributed by atoms with Crippen LogP contribution >= 0.6 is 15.9 Å². The van der Waals surface area contributed by atoms with Gasteiger partial charge in [-0.05, 0) is 47.0 Å². The zero-order chi connectivity index (χ0) is 13.7. The van der Waals surface area contributed by atoms with Gasteiger partial charge in [-0.2, -0.15) is 0 Å². The van der Waals surface area contributed by atoms with Crippen LogP contribution in [0, 0.1) is 6.92 Å². The lowest BCUT2D eigenvalue weighted by Gasteiger charge is -2.14. The Kier molecular flexibility index (Phi) is 5.15. The SMILES string of the molecule is CC[C@@H](NC(=O)Nc1cc(C)ccc1Br)C(=O)O. The van der Waals surface area contributed by atoms with Gasteiger partial charge in [-0.3, -0.25) is 0 Å². The number of nitrogens with one attached hydrogen (secondary N) is 2. The molecular formula is C12H15BrN2O3. The van der Waals surface area contributed by atoms with Crippen LogP contribution in [0.2, 0.25) is 0 Å². The first-order valence-corrected chi connectivity index (χ1v) is 6.29. The van der Waals surface area contributed by atoms with Gasteiger partial charge in [0.25, 0.3) is 0 Å². The average Bonchev–Trinajstić information content (AvgIpc) is 2.30. The van der Waals surface area contributed by atoms with Crippen molar-refractivity contribution >= 4 is 33.6 Å². The van der Waals surface area contributed by atoms with Gasteiger partial charge in [-0.25, -0.2) is 9.59 Å². The third-order valence-electron chi connectivity index (χ3n) is 2.38. The van der Waals surface area contributed by atoms with E-state index in [4.69, 9.17) is 5.11 Å². The lowest BCUT2D eigenvalue weighted by Crippen LogP contribution is -2.42. The van der Waals surface area contributed by atoms with Crippen LogP contribution in [0.5, 0.6) is 0 Å². The molecule has 0 aromatic heterocycles. The minimum Gasteiger partial charge on any atom is -0.480 e. The van der Waals surface area contributed by atoms with Crippen LogP contribution in [0.1, 0.15) is 18.9 Å². The summed E-state index contributed by atoms with van der Waals surface area (Å²) in [6.07, 6.45) is 0.331. The molecule has 1 atom stereocenters.